The summed E-state index contributed by atoms with van der Waals surface area (Å²) in [5.41, 5.74) is 2.87. The number of benzene rings is 1. The van der Waals surface area contributed by atoms with Gasteiger partial charge in [0.05, 0.1) is 17.1 Å². The molecule has 1 fully saturated rings. The monoisotopic (exact) mass is 278 g/mol. The third-order valence-corrected chi connectivity index (χ3v) is 4.51. The van der Waals surface area contributed by atoms with Crippen LogP contribution in [0.3, 0.4) is 0 Å². The molecule has 0 radical (unpaired) electrons. The predicted octanol–water partition coefficient (Wildman–Crippen LogP) is 3.83. The predicted molar refractivity (Wildman–Crippen MR) is 78.8 cm³/mol. The van der Waals surface area contributed by atoms with E-state index in [0.717, 1.165) is 22.9 Å². The zero-order chi connectivity index (χ0) is 13.4. The van der Waals surface area contributed by atoms with Gasteiger partial charge in [0.25, 0.3) is 0 Å². The van der Waals surface area contributed by atoms with Crippen LogP contribution in [0.25, 0.3) is 0 Å². The normalized spacial score (nSPS) is 25.9. The van der Waals surface area contributed by atoms with E-state index < -0.39 is 0 Å². The molecule has 1 heterocycles. The van der Waals surface area contributed by atoms with Crippen molar-refractivity contribution in [2.75, 3.05) is 10.6 Å². The van der Waals surface area contributed by atoms with Crippen molar-refractivity contribution in [3.05, 3.63) is 22.7 Å². The van der Waals surface area contributed by atoms with Crippen molar-refractivity contribution in [3.8, 4) is 0 Å². The van der Waals surface area contributed by atoms with E-state index in [4.69, 9.17) is 11.6 Å². The summed E-state index contributed by atoms with van der Waals surface area (Å²) in [7, 11) is 0. The quantitative estimate of drug-likeness (QED) is 0.863. The first-order valence-corrected chi connectivity index (χ1v) is 7.38. The SMILES string of the molecule is CC1CCC(Nc2cc3c(cc2Cl)NC(=O)C3)CC1. The minimum atomic E-state index is 0.0507. The number of hydrogen-bond donors (Lipinski definition) is 2. The van der Waals surface area contributed by atoms with Crippen LogP contribution >= 0.6 is 11.6 Å². The molecule has 0 bridgehead atoms. The van der Waals surface area contributed by atoms with Gasteiger partial charge in [-0.1, -0.05) is 18.5 Å². The van der Waals surface area contributed by atoms with Crippen LogP contribution in [-0.4, -0.2) is 11.9 Å². The minimum Gasteiger partial charge on any atom is -0.381 e. The maximum absolute atomic E-state index is 11.4. The Bertz CT molecular complexity index is 507. The molecule has 1 aliphatic carbocycles. The van der Waals surface area contributed by atoms with Gasteiger partial charge < -0.3 is 10.6 Å². The van der Waals surface area contributed by atoms with E-state index in [-0.39, 0.29) is 5.91 Å². The fraction of sp³-hybridized carbons (Fsp3) is 0.533. The Balaban J connectivity index is 1.75. The van der Waals surface area contributed by atoms with E-state index in [1.54, 1.807) is 0 Å². The summed E-state index contributed by atoms with van der Waals surface area (Å²) < 4.78 is 0. The van der Waals surface area contributed by atoms with Crippen LogP contribution in [0.1, 0.15) is 38.2 Å². The highest BCUT2D eigenvalue weighted by atomic mass is 35.5. The molecule has 3 nitrogen and oxygen atoms in total. The van der Waals surface area contributed by atoms with Crippen LogP contribution < -0.4 is 10.6 Å². The lowest BCUT2D eigenvalue weighted by molar-refractivity contribution is -0.115. The number of halogens is 1. The van der Waals surface area contributed by atoms with Crippen LogP contribution in [0.4, 0.5) is 11.4 Å². The molecule has 0 aromatic heterocycles. The first kappa shape index (κ1) is 12.8. The Morgan fingerprint density at radius 1 is 1.26 bits per heavy atom. The Labute approximate surface area is 118 Å². The van der Waals surface area contributed by atoms with Gasteiger partial charge in [-0.25, -0.2) is 0 Å². The van der Waals surface area contributed by atoms with Crippen molar-refractivity contribution >= 4 is 28.9 Å². The number of amides is 1. The Morgan fingerprint density at radius 3 is 2.74 bits per heavy atom. The zero-order valence-electron chi connectivity index (χ0n) is 11.1. The molecule has 0 saturated heterocycles. The first-order valence-electron chi connectivity index (χ1n) is 7.00. The number of fused-ring (bicyclic) bond motifs is 1. The molecule has 102 valence electrons. The van der Waals surface area contributed by atoms with Crippen molar-refractivity contribution in [2.45, 2.75) is 45.1 Å². The van der Waals surface area contributed by atoms with Crippen LogP contribution in [0, 0.1) is 5.92 Å². The van der Waals surface area contributed by atoms with Crippen LogP contribution in [0.15, 0.2) is 12.1 Å². The van der Waals surface area contributed by atoms with Crippen molar-refractivity contribution in [1.82, 2.24) is 0 Å². The molecule has 4 heteroatoms. The molecule has 19 heavy (non-hydrogen) atoms. The lowest BCUT2D eigenvalue weighted by Crippen LogP contribution is -2.25. The fourth-order valence-electron chi connectivity index (χ4n) is 2.98. The molecular formula is C15H19ClN2O. The minimum absolute atomic E-state index is 0.0507. The van der Waals surface area contributed by atoms with Gasteiger partial charge in [0, 0.05) is 11.7 Å². The number of hydrogen-bond acceptors (Lipinski definition) is 2. The first-order chi connectivity index (χ1) is 9.11. The van der Waals surface area contributed by atoms with E-state index in [2.05, 4.69) is 17.6 Å². The van der Waals surface area contributed by atoms with Gasteiger partial charge in [-0.05, 0) is 49.3 Å². The third kappa shape index (κ3) is 2.71. The lowest BCUT2D eigenvalue weighted by atomic mass is 9.87. The summed E-state index contributed by atoms with van der Waals surface area (Å²) in [6.45, 7) is 2.32. The van der Waals surface area contributed by atoms with Gasteiger partial charge in [-0.2, -0.15) is 0 Å². The molecular weight excluding hydrogens is 260 g/mol. The van der Waals surface area contributed by atoms with Crippen molar-refractivity contribution in [1.29, 1.82) is 0 Å². The summed E-state index contributed by atoms with van der Waals surface area (Å²) in [4.78, 5) is 11.4. The van der Waals surface area contributed by atoms with Crippen LogP contribution in [0.5, 0.6) is 0 Å². The lowest BCUT2D eigenvalue weighted by Gasteiger charge is -2.28. The number of carbonyl (C=O) groups excluding carboxylic acids is 1. The molecule has 1 aromatic carbocycles. The largest absolute Gasteiger partial charge is 0.381 e. The Hall–Kier alpha value is -1.22. The van der Waals surface area contributed by atoms with E-state index in [0.29, 0.717) is 17.5 Å². The summed E-state index contributed by atoms with van der Waals surface area (Å²) in [6, 6.07) is 4.39. The smallest absolute Gasteiger partial charge is 0.228 e. The third-order valence-electron chi connectivity index (χ3n) is 4.19. The summed E-state index contributed by atoms with van der Waals surface area (Å²) >= 11 is 6.29. The van der Waals surface area contributed by atoms with Crippen LogP contribution in [0.2, 0.25) is 5.02 Å². The van der Waals surface area contributed by atoms with Crippen molar-refractivity contribution < 1.29 is 4.79 Å². The molecule has 1 amide bonds. The molecule has 2 aliphatic rings. The molecule has 1 aromatic rings. The topological polar surface area (TPSA) is 41.1 Å². The maximum atomic E-state index is 11.4. The number of carbonyl (C=O) groups is 1. The second-order valence-corrected chi connectivity index (χ2v) is 6.22. The number of anilines is 2. The number of rotatable bonds is 2. The zero-order valence-corrected chi connectivity index (χ0v) is 11.9. The molecule has 0 unspecified atom stereocenters. The maximum Gasteiger partial charge on any atom is 0.228 e. The average Bonchev–Trinajstić information content (AvgIpc) is 2.72. The van der Waals surface area contributed by atoms with Gasteiger partial charge in [-0.3, -0.25) is 4.79 Å². The van der Waals surface area contributed by atoms with E-state index in [9.17, 15) is 4.79 Å². The van der Waals surface area contributed by atoms with Gasteiger partial charge >= 0.3 is 0 Å². The molecule has 2 N–H and O–H groups in total. The van der Waals surface area contributed by atoms with E-state index >= 15 is 0 Å². The Morgan fingerprint density at radius 2 is 2.00 bits per heavy atom. The molecule has 0 spiro atoms. The number of nitrogens with one attached hydrogen (secondary N) is 2. The summed E-state index contributed by atoms with van der Waals surface area (Å²) in [6.07, 6.45) is 5.42. The Kier molecular flexibility index (Phi) is 3.40. The highest BCUT2D eigenvalue weighted by Gasteiger charge is 2.22. The fourth-order valence-corrected chi connectivity index (χ4v) is 3.20. The van der Waals surface area contributed by atoms with Gasteiger partial charge in [0.15, 0.2) is 0 Å². The van der Waals surface area contributed by atoms with E-state index in [1.165, 1.54) is 25.7 Å². The molecule has 0 atom stereocenters. The summed E-state index contributed by atoms with van der Waals surface area (Å²) in [5.74, 6) is 0.894. The average molecular weight is 279 g/mol. The highest BCUT2D eigenvalue weighted by molar-refractivity contribution is 6.33. The summed E-state index contributed by atoms with van der Waals surface area (Å²) in [5, 5.41) is 7.06. The highest BCUT2D eigenvalue weighted by Crippen LogP contribution is 2.34. The van der Waals surface area contributed by atoms with Crippen molar-refractivity contribution in [3.63, 3.8) is 0 Å². The second kappa shape index (κ2) is 5.04. The second-order valence-electron chi connectivity index (χ2n) is 5.82. The van der Waals surface area contributed by atoms with E-state index in [1.807, 2.05) is 12.1 Å². The molecule has 1 aliphatic heterocycles. The van der Waals surface area contributed by atoms with Gasteiger partial charge in [0.2, 0.25) is 5.91 Å². The van der Waals surface area contributed by atoms with Crippen molar-refractivity contribution in [2.24, 2.45) is 5.92 Å². The molecule has 1 saturated carbocycles. The van der Waals surface area contributed by atoms with Gasteiger partial charge in [0.1, 0.15) is 0 Å². The van der Waals surface area contributed by atoms with Crippen LogP contribution in [-0.2, 0) is 11.2 Å². The van der Waals surface area contributed by atoms with Gasteiger partial charge in [-0.15, -0.1) is 0 Å². The molecule has 3 rings (SSSR count). The standard InChI is InChI=1S/C15H19ClN2O/c1-9-2-4-11(5-3-9)17-14-6-10-7-15(19)18-13(10)8-12(14)16/h6,8-9,11,17H,2-5,7H2,1H3,(H,18,19).